The van der Waals surface area contributed by atoms with Crippen molar-refractivity contribution in [1.82, 2.24) is 0 Å². The Morgan fingerprint density at radius 1 is 1.75 bits per heavy atom. The summed E-state index contributed by atoms with van der Waals surface area (Å²) in [6.45, 7) is -0.447. The Morgan fingerprint density at radius 3 is 2.92 bits per heavy atom. The average Bonchev–Trinajstić information content (AvgIpc) is 2.51. The third-order valence-corrected chi connectivity index (χ3v) is 2.29. The summed E-state index contributed by atoms with van der Waals surface area (Å²) in [5, 5.41) is 21.0. The molecule has 1 aromatic heterocycles. The zero-order valence-corrected chi connectivity index (χ0v) is 7.27. The molecule has 1 aromatic rings. The number of carbonyl (C=O) groups is 1. The molecule has 0 aliphatic carbocycles. The summed E-state index contributed by atoms with van der Waals surface area (Å²) in [7, 11) is 0.428. The minimum atomic E-state index is -1.09. The molecule has 0 fully saturated rings. The number of carboxylic acid groups (broad SMARTS) is 1. The monoisotopic (exact) mass is 186 g/mol. The molecule has 2 unspecified atom stereocenters. The van der Waals surface area contributed by atoms with E-state index in [0.29, 0.717) is 8.19 Å². The maximum atomic E-state index is 10.4. The van der Waals surface area contributed by atoms with Crippen molar-refractivity contribution in [3.63, 3.8) is 0 Å². The molecule has 66 valence electrons. The minimum Gasteiger partial charge on any atom is -0.668 e. The zero-order chi connectivity index (χ0) is 8.97. The van der Waals surface area contributed by atoms with E-state index in [4.69, 9.17) is 10.2 Å². The van der Waals surface area contributed by atoms with Gasteiger partial charge in [0, 0.05) is 12.6 Å². The van der Waals surface area contributed by atoms with Crippen molar-refractivity contribution in [3.8, 4) is 0 Å². The fourth-order valence-corrected chi connectivity index (χ4v) is 1.53. The molecule has 0 spiro atoms. The van der Waals surface area contributed by atoms with Gasteiger partial charge in [-0.1, -0.05) is 12.1 Å². The topological polar surface area (TPSA) is 71.6 Å². The second-order valence-corrected chi connectivity index (χ2v) is 3.36. The molecular formula is C7H9NO3P-. The Morgan fingerprint density at radius 2 is 2.50 bits per heavy atom. The van der Waals surface area contributed by atoms with Crippen molar-refractivity contribution >= 4 is 19.6 Å². The summed E-state index contributed by atoms with van der Waals surface area (Å²) in [6.07, 6.45) is 0. The van der Waals surface area contributed by atoms with Crippen LogP contribution < -0.4 is 0 Å². The highest BCUT2D eigenvalue weighted by atomic mass is 31.0. The fourth-order valence-electron chi connectivity index (χ4n) is 0.743. The van der Waals surface area contributed by atoms with Crippen LogP contribution in [0.3, 0.4) is 0 Å². The average molecular weight is 186 g/mol. The van der Waals surface area contributed by atoms with Gasteiger partial charge in [0.25, 0.3) is 5.97 Å². The van der Waals surface area contributed by atoms with Crippen LogP contribution in [0.15, 0.2) is 17.9 Å². The van der Waals surface area contributed by atoms with E-state index >= 15 is 0 Å². The number of nitrogens with zero attached hydrogens (tertiary/aromatic N) is 1. The number of hydrogen-bond acceptors (Lipinski definition) is 2. The Bertz CT molecular complexity index is 247. The third-order valence-electron chi connectivity index (χ3n) is 1.33. The molecule has 0 bridgehead atoms. The lowest BCUT2D eigenvalue weighted by atomic mass is 10.3. The van der Waals surface area contributed by atoms with Crippen LogP contribution in [0, 0.1) is 0 Å². The van der Waals surface area contributed by atoms with Gasteiger partial charge >= 0.3 is 0 Å². The highest BCUT2D eigenvalue weighted by molar-refractivity contribution is 7.34. The van der Waals surface area contributed by atoms with E-state index in [0.717, 1.165) is 5.42 Å². The molecule has 0 aliphatic rings. The van der Waals surface area contributed by atoms with Crippen LogP contribution in [0.5, 0.6) is 0 Å². The van der Waals surface area contributed by atoms with Crippen molar-refractivity contribution in [2.75, 3.05) is 6.61 Å². The van der Waals surface area contributed by atoms with Crippen LogP contribution in [0.2, 0.25) is 0 Å². The van der Waals surface area contributed by atoms with Gasteiger partial charge in [0.05, 0.1) is 0 Å². The molecule has 0 saturated carbocycles. The molecule has 0 amide bonds. The quantitative estimate of drug-likeness (QED) is 0.741. The van der Waals surface area contributed by atoms with E-state index in [9.17, 15) is 4.79 Å². The molecule has 0 aromatic carbocycles. The number of rotatable bonds is 4. The molecule has 0 saturated heterocycles. The van der Waals surface area contributed by atoms with Crippen LogP contribution in [-0.4, -0.2) is 28.8 Å². The predicted octanol–water partition coefficient (Wildman–Crippen LogP) is 1.17. The molecule has 2 atom stereocenters. The summed E-state index contributed by atoms with van der Waals surface area (Å²) in [4.78, 5) is 10.4. The first-order valence-electron chi connectivity index (χ1n) is 3.42. The predicted molar refractivity (Wildman–Crippen MR) is 47.5 cm³/mol. The van der Waals surface area contributed by atoms with Crippen molar-refractivity contribution in [1.29, 1.82) is 0 Å². The van der Waals surface area contributed by atoms with Crippen LogP contribution in [0.1, 0.15) is 0 Å². The Hall–Kier alpha value is -0.990. The lowest BCUT2D eigenvalue weighted by molar-refractivity contribution is -0.138. The number of carboxylic acids is 1. The summed E-state index contributed by atoms with van der Waals surface area (Å²) in [5.74, 6) is 0.824. The second-order valence-electron chi connectivity index (χ2n) is 2.22. The van der Waals surface area contributed by atoms with Gasteiger partial charge in [-0.2, -0.15) is 8.19 Å². The van der Waals surface area contributed by atoms with Gasteiger partial charge in [-0.25, -0.2) is 0 Å². The number of aliphatic carboxylic acids is 1. The minimum absolute atomic E-state index is 0.428. The Kier molecular flexibility index (Phi) is 3.14. The number of hydrogen-bond donors (Lipinski definition) is 2. The maximum Gasteiger partial charge on any atom is 0.290 e. The molecule has 0 radical (unpaired) electrons. The van der Waals surface area contributed by atoms with Gasteiger partial charge in [0.15, 0.2) is 0 Å². The first kappa shape index (κ1) is 9.10. The van der Waals surface area contributed by atoms with Crippen LogP contribution >= 0.6 is 8.19 Å². The van der Waals surface area contributed by atoms with Crippen molar-refractivity contribution in [3.05, 3.63) is 23.2 Å². The van der Waals surface area contributed by atoms with Gasteiger partial charge in [-0.15, -0.1) is 5.42 Å². The van der Waals surface area contributed by atoms with Crippen LogP contribution in [0.4, 0.5) is 5.42 Å². The molecule has 0 aliphatic heterocycles. The zero-order valence-electron chi connectivity index (χ0n) is 6.27. The van der Waals surface area contributed by atoms with E-state index in [1.165, 1.54) is 0 Å². The van der Waals surface area contributed by atoms with E-state index in [-0.39, 0.29) is 0 Å². The largest absolute Gasteiger partial charge is 0.668 e. The fraction of sp³-hybridized carbons (Fsp3) is 0.286. The lowest BCUT2D eigenvalue weighted by Gasteiger charge is -2.26. The maximum absolute atomic E-state index is 10.4. The van der Waals surface area contributed by atoms with Gasteiger partial charge in [0.1, 0.15) is 0 Å². The molecule has 2 N–H and O–H groups in total. The van der Waals surface area contributed by atoms with Crippen LogP contribution in [-0.2, 0) is 4.79 Å². The Balaban J connectivity index is 2.54. The Labute approximate surface area is 71.3 Å². The molecule has 1 rings (SSSR count). The van der Waals surface area contributed by atoms with Crippen LogP contribution in [0.25, 0.3) is 5.32 Å². The van der Waals surface area contributed by atoms with Gasteiger partial charge < -0.3 is 15.5 Å². The summed E-state index contributed by atoms with van der Waals surface area (Å²) in [6, 6.07) is 2.57. The van der Waals surface area contributed by atoms with Crippen molar-refractivity contribution in [2.24, 2.45) is 0 Å². The first-order valence-corrected chi connectivity index (χ1v) is 4.49. The molecule has 1 heterocycles. The first-order chi connectivity index (χ1) is 5.74. The summed E-state index contributed by atoms with van der Waals surface area (Å²) >= 11 is 0. The van der Waals surface area contributed by atoms with E-state index in [1.54, 1.807) is 6.07 Å². The summed E-state index contributed by atoms with van der Waals surface area (Å²) < 4.78 is 0. The number of aliphatic hydroxyl groups excluding tert-OH is 1. The van der Waals surface area contributed by atoms with Crippen molar-refractivity contribution in [2.45, 2.75) is 6.04 Å². The number of aliphatic hydroxyl groups is 1. The molecule has 4 nitrogen and oxygen atoms in total. The lowest BCUT2D eigenvalue weighted by Crippen LogP contribution is -2.21. The molecule has 12 heavy (non-hydrogen) atoms. The molecular weight excluding hydrogens is 177 g/mol. The van der Waals surface area contributed by atoms with Gasteiger partial charge in [-0.05, 0) is 5.80 Å². The second kappa shape index (κ2) is 4.14. The smallest absolute Gasteiger partial charge is 0.290 e. The van der Waals surface area contributed by atoms with E-state index in [1.807, 2.05) is 11.9 Å². The van der Waals surface area contributed by atoms with Gasteiger partial charge in [-0.3, -0.25) is 4.79 Å². The highest BCUT2D eigenvalue weighted by Crippen LogP contribution is 2.31. The molecule has 5 heteroatoms. The van der Waals surface area contributed by atoms with Gasteiger partial charge in [0.2, 0.25) is 0 Å². The normalized spacial score (nSPS) is 13.1. The summed E-state index contributed by atoms with van der Waals surface area (Å²) in [5.41, 5.74) is 0.733. The van der Waals surface area contributed by atoms with Crippen molar-refractivity contribution < 1.29 is 15.0 Å². The van der Waals surface area contributed by atoms with E-state index < -0.39 is 18.6 Å². The SMILES string of the molecule is O=C(O)C(CO)[N-]c1ccc[pH]1. The highest BCUT2D eigenvalue weighted by Gasteiger charge is 2.04. The third kappa shape index (κ3) is 2.26. The standard InChI is InChI=1S/C7H9NO3P/c9-4-5(7(10)11)8-6-2-1-3-12-6/h1-3,5,9,12H,4H2,(H,10,11)/q-1. The van der Waals surface area contributed by atoms with E-state index in [2.05, 4.69) is 5.32 Å².